The summed E-state index contributed by atoms with van der Waals surface area (Å²) >= 11 is 0. The molecule has 2 atom stereocenters. The predicted molar refractivity (Wildman–Crippen MR) is 140 cm³/mol. The molecule has 192 valence electrons. The first kappa shape index (κ1) is 26.9. The van der Waals surface area contributed by atoms with Gasteiger partial charge in [-0.25, -0.2) is 8.42 Å². The van der Waals surface area contributed by atoms with Crippen molar-refractivity contribution in [3.05, 3.63) is 52.6 Å². The highest BCUT2D eigenvalue weighted by Crippen LogP contribution is 2.39. The van der Waals surface area contributed by atoms with E-state index in [0.717, 1.165) is 34.3 Å². The van der Waals surface area contributed by atoms with Crippen molar-refractivity contribution in [3.8, 4) is 11.5 Å². The summed E-state index contributed by atoms with van der Waals surface area (Å²) in [5.74, 6) is 1.10. The zero-order chi connectivity index (χ0) is 26.3. The maximum Gasteiger partial charge on any atom is 0.263 e. The Labute approximate surface area is 209 Å². The minimum atomic E-state index is -3.62. The van der Waals surface area contributed by atoms with Crippen LogP contribution in [0.4, 0.5) is 5.69 Å². The van der Waals surface area contributed by atoms with E-state index in [1.54, 1.807) is 13.2 Å². The highest BCUT2D eigenvalue weighted by molar-refractivity contribution is 7.92. The van der Waals surface area contributed by atoms with Gasteiger partial charge in [-0.2, -0.15) is 0 Å². The Kier molecular flexibility index (Phi) is 7.46. The van der Waals surface area contributed by atoms with E-state index in [1.165, 1.54) is 4.31 Å². The monoisotopic (exact) mass is 502 g/mol. The van der Waals surface area contributed by atoms with E-state index in [-0.39, 0.29) is 29.8 Å². The molecular formula is C27H38N2O5S. The highest BCUT2D eigenvalue weighted by atomic mass is 32.2. The fourth-order valence-electron chi connectivity index (χ4n) is 4.36. The van der Waals surface area contributed by atoms with Crippen molar-refractivity contribution in [2.24, 2.45) is 0 Å². The maximum absolute atomic E-state index is 13.3. The summed E-state index contributed by atoms with van der Waals surface area (Å²) in [6.07, 6.45) is 0.181. The Morgan fingerprint density at radius 3 is 2.34 bits per heavy atom. The summed E-state index contributed by atoms with van der Waals surface area (Å²) in [5, 5.41) is 3.02. The molecule has 1 aliphatic rings. The van der Waals surface area contributed by atoms with E-state index in [0.29, 0.717) is 11.4 Å². The summed E-state index contributed by atoms with van der Waals surface area (Å²) in [6, 6.07) is 9.25. The summed E-state index contributed by atoms with van der Waals surface area (Å²) in [4.78, 5) is 13.3. The SMILES string of the molecule is COc1cc(C)c(C(C)NC(=O)C2CN(S(C)(=O)=O)c3cc(C(C)(C)C)ccc3O2)cc1C(C)C. The lowest BCUT2D eigenvalue weighted by Gasteiger charge is -2.35. The van der Waals surface area contributed by atoms with Gasteiger partial charge in [0.1, 0.15) is 11.5 Å². The number of fused-ring (bicyclic) bond motifs is 1. The number of ether oxygens (including phenoxy) is 2. The molecule has 2 unspecified atom stereocenters. The van der Waals surface area contributed by atoms with Gasteiger partial charge in [-0.05, 0) is 71.7 Å². The number of hydrogen-bond donors (Lipinski definition) is 1. The van der Waals surface area contributed by atoms with Crippen molar-refractivity contribution >= 4 is 21.6 Å². The number of amides is 1. The largest absolute Gasteiger partial charge is 0.496 e. The third-order valence-electron chi connectivity index (χ3n) is 6.45. The molecule has 2 aromatic rings. The smallest absolute Gasteiger partial charge is 0.263 e. The van der Waals surface area contributed by atoms with Gasteiger partial charge in [0, 0.05) is 0 Å². The normalized spacial score (nSPS) is 17.0. The van der Waals surface area contributed by atoms with Gasteiger partial charge in [0.25, 0.3) is 5.91 Å². The van der Waals surface area contributed by atoms with Crippen molar-refractivity contribution in [2.45, 2.75) is 71.9 Å². The lowest BCUT2D eigenvalue weighted by Crippen LogP contribution is -2.51. The second kappa shape index (κ2) is 9.72. The molecule has 0 radical (unpaired) electrons. The van der Waals surface area contributed by atoms with Crippen molar-refractivity contribution in [2.75, 3.05) is 24.2 Å². The Balaban J connectivity index is 1.89. The Hall–Kier alpha value is -2.74. The Morgan fingerprint density at radius 2 is 1.80 bits per heavy atom. The van der Waals surface area contributed by atoms with E-state index < -0.39 is 16.1 Å². The number of aryl methyl sites for hydroxylation is 1. The first-order chi connectivity index (χ1) is 16.1. The second-order valence-electron chi connectivity index (χ2n) is 10.7. The number of sulfonamides is 1. The topological polar surface area (TPSA) is 84.9 Å². The summed E-state index contributed by atoms with van der Waals surface area (Å²) < 4.78 is 38.1. The quantitative estimate of drug-likeness (QED) is 0.612. The molecule has 1 N–H and O–H groups in total. The lowest BCUT2D eigenvalue weighted by molar-refractivity contribution is -0.128. The van der Waals surface area contributed by atoms with Gasteiger partial charge in [0.05, 0.1) is 31.6 Å². The van der Waals surface area contributed by atoms with Crippen LogP contribution in [0.3, 0.4) is 0 Å². The summed E-state index contributed by atoms with van der Waals surface area (Å²) in [5.41, 5.74) is 4.34. The van der Waals surface area contributed by atoms with Crippen LogP contribution >= 0.6 is 0 Å². The van der Waals surface area contributed by atoms with Crippen LogP contribution in [0.2, 0.25) is 0 Å². The highest BCUT2D eigenvalue weighted by Gasteiger charge is 2.36. The third kappa shape index (κ3) is 5.74. The van der Waals surface area contributed by atoms with Gasteiger partial charge in [0.2, 0.25) is 10.0 Å². The van der Waals surface area contributed by atoms with Gasteiger partial charge in [-0.1, -0.05) is 40.7 Å². The molecule has 7 nitrogen and oxygen atoms in total. The fourth-order valence-corrected chi connectivity index (χ4v) is 5.27. The van der Waals surface area contributed by atoms with Gasteiger partial charge in [0.15, 0.2) is 6.10 Å². The van der Waals surface area contributed by atoms with Crippen LogP contribution < -0.4 is 19.1 Å². The van der Waals surface area contributed by atoms with Crippen LogP contribution in [0.15, 0.2) is 30.3 Å². The van der Waals surface area contributed by atoms with Crippen LogP contribution in [0.5, 0.6) is 11.5 Å². The molecule has 0 spiro atoms. The summed E-state index contributed by atoms with van der Waals surface area (Å²) in [6.45, 7) is 14.2. The minimum Gasteiger partial charge on any atom is -0.496 e. The van der Waals surface area contributed by atoms with E-state index in [1.807, 2.05) is 32.0 Å². The fraction of sp³-hybridized carbons (Fsp3) is 0.519. The molecule has 0 aromatic heterocycles. The molecule has 0 fully saturated rings. The van der Waals surface area contributed by atoms with Gasteiger partial charge in [-0.15, -0.1) is 0 Å². The van der Waals surface area contributed by atoms with E-state index in [4.69, 9.17) is 9.47 Å². The van der Waals surface area contributed by atoms with Gasteiger partial charge >= 0.3 is 0 Å². The number of carbonyl (C=O) groups is 1. The van der Waals surface area contributed by atoms with Gasteiger partial charge < -0.3 is 14.8 Å². The molecule has 0 saturated heterocycles. The van der Waals surface area contributed by atoms with Crippen molar-refractivity contribution < 1.29 is 22.7 Å². The number of nitrogens with one attached hydrogen (secondary N) is 1. The zero-order valence-corrected chi connectivity index (χ0v) is 23.0. The Bertz CT molecular complexity index is 1210. The molecule has 0 saturated carbocycles. The molecular weight excluding hydrogens is 464 g/mol. The molecule has 35 heavy (non-hydrogen) atoms. The molecule has 2 aromatic carbocycles. The second-order valence-corrected chi connectivity index (χ2v) is 12.6. The standard InChI is InChI=1S/C27H38N2O5S/c1-16(2)20-14-21(17(3)12-24(20)33-8)18(4)28-26(30)25-15-29(35(9,31)32)22-13-19(27(5,6)7)10-11-23(22)34-25/h10-14,16,18,25H,15H2,1-9H3,(H,28,30). The van der Waals surface area contributed by atoms with E-state index in [9.17, 15) is 13.2 Å². The first-order valence-corrected chi connectivity index (χ1v) is 13.8. The number of nitrogens with zero attached hydrogens (tertiary/aromatic N) is 1. The van der Waals surface area contributed by atoms with Crippen LogP contribution in [0, 0.1) is 6.92 Å². The minimum absolute atomic E-state index is 0.0865. The van der Waals surface area contributed by atoms with Crippen molar-refractivity contribution in [1.29, 1.82) is 0 Å². The number of anilines is 1. The zero-order valence-electron chi connectivity index (χ0n) is 22.2. The number of benzene rings is 2. The average molecular weight is 503 g/mol. The number of hydrogen-bond acceptors (Lipinski definition) is 5. The van der Waals surface area contributed by atoms with Crippen LogP contribution in [-0.2, 0) is 20.2 Å². The van der Waals surface area contributed by atoms with E-state index in [2.05, 4.69) is 46.0 Å². The van der Waals surface area contributed by atoms with Crippen molar-refractivity contribution in [1.82, 2.24) is 5.32 Å². The van der Waals surface area contributed by atoms with E-state index >= 15 is 0 Å². The first-order valence-electron chi connectivity index (χ1n) is 11.9. The van der Waals surface area contributed by atoms with Crippen LogP contribution in [-0.4, -0.2) is 40.3 Å². The molecule has 1 aliphatic heterocycles. The van der Waals surface area contributed by atoms with Crippen LogP contribution in [0.25, 0.3) is 0 Å². The number of methoxy groups -OCH3 is 1. The molecule has 1 amide bonds. The van der Waals surface area contributed by atoms with Gasteiger partial charge in [-0.3, -0.25) is 9.10 Å². The third-order valence-corrected chi connectivity index (χ3v) is 7.60. The summed E-state index contributed by atoms with van der Waals surface area (Å²) in [7, 11) is -1.96. The Morgan fingerprint density at radius 1 is 1.14 bits per heavy atom. The number of carbonyl (C=O) groups excluding carboxylic acids is 1. The lowest BCUT2D eigenvalue weighted by atomic mass is 9.86. The number of rotatable bonds is 6. The molecule has 0 bridgehead atoms. The van der Waals surface area contributed by atoms with Crippen molar-refractivity contribution in [3.63, 3.8) is 0 Å². The van der Waals surface area contributed by atoms with Crippen LogP contribution in [0.1, 0.15) is 75.8 Å². The maximum atomic E-state index is 13.3. The molecule has 8 heteroatoms. The average Bonchev–Trinajstić information content (AvgIpc) is 2.75. The molecule has 0 aliphatic carbocycles. The molecule has 1 heterocycles. The molecule has 3 rings (SSSR count). The predicted octanol–water partition coefficient (Wildman–Crippen LogP) is 4.83.